The average Bonchev–Trinajstić information content (AvgIpc) is 3.33. The SMILES string of the molecule is Cc1ccc(COc2c(Br)cc(/C=N\NC(=O)CSc3nnnn3-c3ccccc3)cc2Br)cc1. The number of aryl methyl sites for hydroxylation is 1. The Kier molecular flexibility index (Phi) is 8.67. The zero-order valence-electron chi connectivity index (χ0n) is 18.6. The summed E-state index contributed by atoms with van der Waals surface area (Å²) in [6, 6.07) is 21.4. The van der Waals surface area contributed by atoms with Gasteiger partial charge >= 0.3 is 0 Å². The van der Waals surface area contributed by atoms with E-state index < -0.39 is 0 Å². The molecule has 0 spiro atoms. The molecule has 0 aliphatic heterocycles. The van der Waals surface area contributed by atoms with E-state index in [1.165, 1.54) is 17.3 Å². The molecule has 11 heteroatoms. The van der Waals surface area contributed by atoms with Crippen LogP contribution in [0.1, 0.15) is 16.7 Å². The van der Waals surface area contributed by atoms with Gasteiger partial charge in [0.1, 0.15) is 12.4 Å². The van der Waals surface area contributed by atoms with Crippen molar-refractivity contribution in [3.63, 3.8) is 0 Å². The number of nitrogens with one attached hydrogen (secondary N) is 1. The molecule has 1 N–H and O–H groups in total. The van der Waals surface area contributed by atoms with Crippen LogP contribution in [-0.4, -0.2) is 38.1 Å². The third-order valence-corrected chi connectivity index (χ3v) is 6.80. The van der Waals surface area contributed by atoms with Gasteiger partial charge in [-0.2, -0.15) is 9.78 Å². The predicted molar refractivity (Wildman–Crippen MR) is 143 cm³/mol. The first-order chi connectivity index (χ1) is 17.0. The summed E-state index contributed by atoms with van der Waals surface area (Å²) in [4.78, 5) is 12.2. The Morgan fingerprint density at radius 3 is 2.54 bits per heavy atom. The van der Waals surface area contributed by atoms with Gasteiger partial charge in [-0.3, -0.25) is 4.79 Å². The van der Waals surface area contributed by atoms with E-state index in [-0.39, 0.29) is 11.7 Å². The minimum Gasteiger partial charge on any atom is -0.487 e. The van der Waals surface area contributed by atoms with Crippen molar-refractivity contribution in [2.24, 2.45) is 5.10 Å². The van der Waals surface area contributed by atoms with Gasteiger partial charge in [-0.1, -0.05) is 59.8 Å². The van der Waals surface area contributed by atoms with Crippen LogP contribution in [0.2, 0.25) is 0 Å². The second-order valence-electron chi connectivity index (χ2n) is 7.38. The first-order valence-electron chi connectivity index (χ1n) is 10.5. The molecule has 0 saturated carbocycles. The highest BCUT2D eigenvalue weighted by Gasteiger charge is 2.12. The zero-order chi connectivity index (χ0) is 24.6. The molecule has 1 amide bonds. The van der Waals surface area contributed by atoms with Gasteiger partial charge in [0.15, 0.2) is 0 Å². The van der Waals surface area contributed by atoms with Crippen LogP contribution < -0.4 is 10.2 Å². The molecule has 0 unspecified atom stereocenters. The fourth-order valence-electron chi connectivity index (χ4n) is 2.97. The van der Waals surface area contributed by atoms with E-state index in [0.717, 1.165) is 25.8 Å². The summed E-state index contributed by atoms with van der Waals surface area (Å²) < 4.78 is 9.10. The van der Waals surface area contributed by atoms with E-state index in [1.807, 2.05) is 54.6 Å². The molecule has 4 aromatic rings. The van der Waals surface area contributed by atoms with Gasteiger partial charge in [0.25, 0.3) is 5.91 Å². The lowest BCUT2D eigenvalue weighted by Crippen LogP contribution is -2.20. The van der Waals surface area contributed by atoms with Crippen molar-refractivity contribution < 1.29 is 9.53 Å². The molecule has 1 aromatic heterocycles. The van der Waals surface area contributed by atoms with Crippen LogP contribution in [0, 0.1) is 6.92 Å². The smallest absolute Gasteiger partial charge is 0.250 e. The largest absolute Gasteiger partial charge is 0.487 e. The summed E-state index contributed by atoms with van der Waals surface area (Å²) in [7, 11) is 0. The number of aromatic nitrogens is 4. The lowest BCUT2D eigenvalue weighted by Gasteiger charge is -2.11. The minimum absolute atomic E-state index is 0.115. The summed E-state index contributed by atoms with van der Waals surface area (Å²) in [5.74, 6) is 0.535. The van der Waals surface area contributed by atoms with Crippen molar-refractivity contribution in [3.05, 3.63) is 92.4 Å². The highest BCUT2D eigenvalue weighted by molar-refractivity contribution is 9.11. The first-order valence-corrected chi connectivity index (χ1v) is 13.0. The highest BCUT2D eigenvalue weighted by Crippen LogP contribution is 2.35. The molecule has 35 heavy (non-hydrogen) atoms. The van der Waals surface area contributed by atoms with E-state index in [4.69, 9.17) is 4.74 Å². The Labute approximate surface area is 223 Å². The van der Waals surface area contributed by atoms with Crippen molar-refractivity contribution in [1.82, 2.24) is 25.6 Å². The average molecular weight is 616 g/mol. The third-order valence-electron chi connectivity index (χ3n) is 4.70. The molecule has 0 atom stereocenters. The van der Waals surface area contributed by atoms with Gasteiger partial charge in [0, 0.05) is 0 Å². The number of amides is 1. The maximum absolute atomic E-state index is 12.2. The number of para-hydroxylation sites is 1. The number of rotatable bonds is 9. The van der Waals surface area contributed by atoms with E-state index in [1.54, 1.807) is 10.9 Å². The Morgan fingerprint density at radius 1 is 1.11 bits per heavy atom. The van der Waals surface area contributed by atoms with Gasteiger partial charge in [0.2, 0.25) is 5.16 Å². The van der Waals surface area contributed by atoms with Crippen LogP contribution in [0.15, 0.2) is 85.9 Å². The molecule has 0 radical (unpaired) electrons. The van der Waals surface area contributed by atoms with E-state index in [2.05, 4.69) is 77.0 Å². The maximum atomic E-state index is 12.2. The number of carbonyl (C=O) groups excluding carboxylic acids is 1. The maximum Gasteiger partial charge on any atom is 0.250 e. The Hall–Kier alpha value is -3.02. The number of hydrogen-bond donors (Lipinski definition) is 1. The van der Waals surface area contributed by atoms with Gasteiger partial charge in [0.05, 0.1) is 26.6 Å². The molecular weight excluding hydrogens is 596 g/mol. The van der Waals surface area contributed by atoms with Crippen molar-refractivity contribution in [1.29, 1.82) is 0 Å². The van der Waals surface area contributed by atoms with Crippen molar-refractivity contribution in [2.75, 3.05) is 5.75 Å². The summed E-state index contributed by atoms with van der Waals surface area (Å²) in [5.41, 5.74) is 6.42. The summed E-state index contributed by atoms with van der Waals surface area (Å²) in [6.45, 7) is 2.50. The summed E-state index contributed by atoms with van der Waals surface area (Å²) in [5, 5.41) is 16.2. The topological polar surface area (TPSA) is 94.3 Å². The number of carbonyl (C=O) groups is 1. The van der Waals surface area contributed by atoms with E-state index in [9.17, 15) is 4.79 Å². The fourth-order valence-corrected chi connectivity index (χ4v) is 5.11. The van der Waals surface area contributed by atoms with Crippen LogP contribution in [0.3, 0.4) is 0 Å². The third kappa shape index (κ3) is 7.00. The Morgan fingerprint density at radius 2 is 1.83 bits per heavy atom. The van der Waals surface area contributed by atoms with Crippen molar-refractivity contribution >= 4 is 55.7 Å². The fraction of sp³-hybridized carbons (Fsp3) is 0.125. The van der Waals surface area contributed by atoms with Crippen LogP contribution in [0.5, 0.6) is 5.75 Å². The molecule has 8 nitrogen and oxygen atoms in total. The van der Waals surface area contributed by atoms with Crippen molar-refractivity contribution in [3.8, 4) is 11.4 Å². The lowest BCUT2D eigenvalue weighted by molar-refractivity contribution is -0.118. The monoisotopic (exact) mass is 614 g/mol. The Bertz CT molecular complexity index is 1310. The minimum atomic E-state index is -0.273. The van der Waals surface area contributed by atoms with Crippen molar-refractivity contribution in [2.45, 2.75) is 18.7 Å². The molecule has 1 heterocycles. The Balaban J connectivity index is 1.30. The summed E-state index contributed by atoms with van der Waals surface area (Å²) >= 11 is 8.32. The van der Waals surface area contributed by atoms with Crippen LogP contribution in [-0.2, 0) is 11.4 Å². The van der Waals surface area contributed by atoms with E-state index in [0.29, 0.717) is 17.5 Å². The lowest BCUT2D eigenvalue weighted by atomic mass is 10.2. The standard InChI is InChI=1S/C24H20Br2N6O2S/c1-16-7-9-17(10-8-16)14-34-23-20(25)11-18(12-21(23)26)13-27-28-22(33)15-35-24-29-30-31-32(24)19-5-3-2-4-6-19/h2-13H,14-15H2,1H3,(H,28,33)/b27-13-. The van der Waals surface area contributed by atoms with Crippen LogP contribution in [0.4, 0.5) is 0 Å². The molecule has 4 rings (SSSR count). The number of nitrogens with zero attached hydrogens (tertiary/aromatic N) is 5. The van der Waals surface area contributed by atoms with Gasteiger partial charge < -0.3 is 4.74 Å². The number of benzene rings is 3. The molecule has 0 saturated heterocycles. The number of thioether (sulfide) groups is 1. The summed E-state index contributed by atoms with van der Waals surface area (Å²) in [6.07, 6.45) is 1.57. The number of halogens is 2. The molecule has 0 fully saturated rings. The normalized spacial score (nSPS) is 11.1. The molecule has 0 aliphatic carbocycles. The first kappa shape index (κ1) is 25.1. The number of hydrazone groups is 1. The predicted octanol–water partition coefficient (Wildman–Crippen LogP) is 5.32. The number of ether oxygens (including phenoxy) is 1. The molecule has 178 valence electrons. The number of hydrogen-bond acceptors (Lipinski definition) is 7. The van der Waals surface area contributed by atoms with Gasteiger partial charge in [-0.15, -0.1) is 5.10 Å². The van der Waals surface area contributed by atoms with Gasteiger partial charge in [-0.25, -0.2) is 5.43 Å². The van der Waals surface area contributed by atoms with Crippen LogP contribution >= 0.6 is 43.6 Å². The van der Waals surface area contributed by atoms with Crippen LogP contribution in [0.25, 0.3) is 5.69 Å². The second kappa shape index (κ2) is 12.1. The zero-order valence-corrected chi connectivity index (χ0v) is 22.5. The van der Waals surface area contributed by atoms with E-state index >= 15 is 0 Å². The molecule has 0 aliphatic rings. The highest BCUT2D eigenvalue weighted by atomic mass is 79.9. The quantitative estimate of drug-likeness (QED) is 0.156. The second-order valence-corrected chi connectivity index (χ2v) is 10.0. The molecule has 3 aromatic carbocycles. The molecular formula is C24H20Br2N6O2S. The molecule has 0 bridgehead atoms. The van der Waals surface area contributed by atoms with Gasteiger partial charge in [-0.05, 0) is 84.6 Å². The number of tetrazole rings is 1.